The second-order valence-corrected chi connectivity index (χ2v) is 8.62. The highest BCUT2D eigenvalue weighted by molar-refractivity contribution is 6.04. The Hall–Kier alpha value is -3.19. The van der Waals surface area contributed by atoms with Gasteiger partial charge in [0.05, 0.1) is 24.3 Å². The molecular weight excluding hydrogens is 416 g/mol. The molecule has 3 amide bonds. The summed E-state index contributed by atoms with van der Waals surface area (Å²) in [5.74, 6) is -0.587. The SMILES string of the molecule is CCCN(CC(=O)Nc1ccccc1C)CC(=O)Nc1ccccc1C(=O)NC1CCCC1. The molecule has 0 unspecified atom stereocenters. The van der Waals surface area contributed by atoms with E-state index in [4.69, 9.17) is 0 Å². The van der Waals surface area contributed by atoms with Crippen LogP contribution in [0.4, 0.5) is 11.4 Å². The largest absolute Gasteiger partial charge is 0.349 e. The summed E-state index contributed by atoms with van der Waals surface area (Å²) < 4.78 is 0. The summed E-state index contributed by atoms with van der Waals surface area (Å²) in [7, 11) is 0. The fourth-order valence-corrected chi connectivity index (χ4v) is 4.15. The number of rotatable bonds is 10. The van der Waals surface area contributed by atoms with Crippen LogP contribution < -0.4 is 16.0 Å². The van der Waals surface area contributed by atoms with Crippen molar-refractivity contribution in [2.75, 3.05) is 30.3 Å². The number of para-hydroxylation sites is 2. The minimum Gasteiger partial charge on any atom is -0.349 e. The molecular formula is C26H34N4O3. The lowest BCUT2D eigenvalue weighted by molar-refractivity contribution is -0.120. The number of carbonyl (C=O) groups excluding carboxylic acids is 3. The summed E-state index contributed by atoms with van der Waals surface area (Å²) in [4.78, 5) is 39.9. The molecule has 0 saturated heterocycles. The van der Waals surface area contributed by atoms with Gasteiger partial charge in [-0.15, -0.1) is 0 Å². The second-order valence-electron chi connectivity index (χ2n) is 8.62. The van der Waals surface area contributed by atoms with Crippen molar-refractivity contribution in [3.63, 3.8) is 0 Å². The minimum atomic E-state index is -0.256. The normalized spacial score (nSPS) is 13.7. The van der Waals surface area contributed by atoms with Gasteiger partial charge in [0.1, 0.15) is 0 Å². The molecule has 3 N–H and O–H groups in total. The molecule has 1 fully saturated rings. The Morgan fingerprint density at radius 3 is 2.09 bits per heavy atom. The average Bonchev–Trinajstić information content (AvgIpc) is 3.29. The number of benzene rings is 2. The third kappa shape index (κ3) is 7.43. The number of nitrogens with one attached hydrogen (secondary N) is 3. The minimum absolute atomic E-state index is 0.0631. The monoisotopic (exact) mass is 450 g/mol. The maximum atomic E-state index is 12.8. The molecule has 0 radical (unpaired) electrons. The van der Waals surface area contributed by atoms with Gasteiger partial charge >= 0.3 is 0 Å². The van der Waals surface area contributed by atoms with Crippen molar-refractivity contribution < 1.29 is 14.4 Å². The molecule has 0 heterocycles. The van der Waals surface area contributed by atoms with Crippen LogP contribution in [0.2, 0.25) is 0 Å². The fraction of sp³-hybridized carbons (Fsp3) is 0.423. The van der Waals surface area contributed by atoms with Gasteiger partial charge in [-0.1, -0.05) is 50.1 Å². The number of anilines is 2. The van der Waals surface area contributed by atoms with Crippen molar-refractivity contribution in [3.05, 3.63) is 59.7 Å². The van der Waals surface area contributed by atoms with Gasteiger partial charge in [-0.25, -0.2) is 0 Å². The first-order valence-corrected chi connectivity index (χ1v) is 11.7. The van der Waals surface area contributed by atoms with E-state index in [1.54, 1.807) is 24.3 Å². The fourth-order valence-electron chi connectivity index (χ4n) is 4.15. The van der Waals surface area contributed by atoms with E-state index in [2.05, 4.69) is 16.0 Å². The van der Waals surface area contributed by atoms with Crippen molar-refractivity contribution in [2.24, 2.45) is 0 Å². The van der Waals surface area contributed by atoms with Crippen LogP contribution in [0.1, 0.15) is 54.9 Å². The van der Waals surface area contributed by atoms with Gasteiger partial charge in [-0.3, -0.25) is 19.3 Å². The summed E-state index contributed by atoms with van der Waals surface area (Å²) in [5, 5.41) is 8.85. The summed E-state index contributed by atoms with van der Waals surface area (Å²) >= 11 is 0. The van der Waals surface area contributed by atoms with E-state index in [9.17, 15) is 14.4 Å². The molecule has 1 saturated carbocycles. The molecule has 33 heavy (non-hydrogen) atoms. The number of amides is 3. The zero-order valence-corrected chi connectivity index (χ0v) is 19.5. The van der Waals surface area contributed by atoms with Gasteiger partial charge in [0, 0.05) is 11.7 Å². The quantitative estimate of drug-likeness (QED) is 0.511. The van der Waals surface area contributed by atoms with Gasteiger partial charge in [-0.2, -0.15) is 0 Å². The van der Waals surface area contributed by atoms with Gasteiger partial charge in [0.2, 0.25) is 11.8 Å². The lowest BCUT2D eigenvalue weighted by atomic mass is 10.1. The molecule has 2 aromatic carbocycles. The maximum Gasteiger partial charge on any atom is 0.253 e. The molecule has 7 nitrogen and oxygen atoms in total. The highest BCUT2D eigenvalue weighted by Crippen LogP contribution is 2.20. The van der Waals surface area contributed by atoms with E-state index in [1.165, 1.54) is 0 Å². The highest BCUT2D eigenvalue weighted by atomic mass is 16.2. The van der Waals surface area contributed by atoms with E-state index in [0.717, 1.165) is 43.4 Å². The molecule has 0 atom stereocenters. The highest BCUT2D eigenvalue weighted by Gasteiger charge is 2.21. The second kappa shape index (κ2) is 12.2. The molecule has 1 aliphatic carbocycles. The number of nitrogens with zero attached hydrogens (tertiary/aromatic N) is 1. The number of aryl methyl sites for hydroxylation is 1. The Bertz CT molecular complexity index is 970. The predicted molar refractivity (Wildman–Crippen MR) is 131 cm³/mol. The number of carbonyl (C=O) groups is 3. The lowest BCUT2D eigenvalue weighted by Gasteiger charge is -2.21. The molecule has 0 aromatic heterocycles. The van der Waals surface area contributed by atoms with Crippen LogP contribution in [0.3, 0.4) is 0 Å². The van der Waals surface area contributed by atoms with Crippen molar-refractivity contribution in [2.45, 2.75) is 52.0 Å². The third-order valence-corrected chi connectivity index (χ3v) is 5.83. The summed E-state index contributed by atoms with van der Waals surface area (Å²) in [6.45, 7) is 4.73. The van der Waals surface area contributed by atoms with E-state index < -0.39 is 0 Å². The molecule has 0 spiro atoms. The van der Waals surface area contributed by atoms with Crippen LogP contribution in [-0.4, -0.2) is 48.3 Å². The Labute approximate surface area is 195 Å². The third-order valence-electron chi connectivity index (χ3n) is 5.83. The van der Waals surface area contributed by atoms with E-state index in [0.29, 0.717) is 17.8 Å². The zero-order valence-electron chi connectivity index (χ0n) is 19.5. The molecule has 176 valence electrons. The van der Waals surface area contributed by atoms with E-state index in [1.807, 2.05) is 43.0 Å². The maximum absolute atomic E-state index is 12.8. The smallest absolute Gasteiger partial charge is 0.253 e. The predicted octanol–water partition coefficient (Wildman–Crippen LogP) is 3.96. The van der Waals surface area contributed by atoms with Crippen LogP contribution in [0.25, 0.3) is 0 Å². The molecule has 2 aromatic rings. The topological polar surface area (TPSA) is 90.5 Å². The van der Waals surface area contributed by atoms with Crippen LogP contribution in [0, 0.1) is 6.92 Å². The van der Waals surface area contributed by atoms with Gasteiger partial charge in [0.25, 0.3) is 5.91 Å². The van der Waals surface area contributed by atoms with Crippen molar-refractivity contribution >= 4 is 29.1 Å². The Morgan fingerprint density at radius 1 is 0.879 bits per heavy atom. The number of hydrogen-bond donors (Lipinski definition) is 3. The van der Waals surface area contributed by atoms with Crippen LogP contribution >= 0.6 is 0 Å². The van der Waals surface area contributed by atoms with Gasteiger partial charge in [0.15, 0.2) is 0 Å². The molecule has 1 aliphatic rings. The van der Waals surface area contributed by atoms with E-state index >= 15 is 0 Å². The summed E-state index contributed by atoms with van der Waals surface area (Å²) in [5.41, 5.74) is 2.69. The molecule has 7 heteroatoms. The molecule has 3 rings (SSSR count). The van der Waals surface area contributed by atoms with Crippen LogP contribution in [0.15, 0.2) is 48.5 Å². The average molecular weight is 451 g/mol. The Balaban J connectivity index is 1.59. The summed E-state index contributed by atoms with van der Waals surface area (Å²) in [6, 6.07) is 14.8. The van der Waals surface area contributed by atoms with Crippen LogP contribution in [-0.2, 0) is 9.59 Å². The first kappa shape index (κ1) is 24.5. The van der Waals surface area contributed by atoms with Crippen molar-refractivity contribution in [1.82, 2.24) is 10.2 Å². The first-order valence-electron chi connectivity index (χ1n) is 11.7. The van der Waals surface area contributed by atoms with Gasteiger partial charge in [-0.05, 0) is 56.5 Å². The molecule has 0 aliphatic heterocycles. The van der Waals surface area contributed by atoms with Crippen molar-refractivity contribution in [3.8, 4) is 0 Å². The van der Waals surface area contributed by atoms with Crippen molar-refractivity contribution in [1.29, 1.82) is 0 Å². The van der Waals surface area contributed by atoms with E-state index in [-0.39, 0.29) is 36.9 Å². The number of hydrogen-bond acceptors (Lipinski definition) is 4. The first-order chi connectivity index (χ1) is 16.0. The summed E-state index contributed by atoms with van der Waals surface area (Å²) in [6.07, 6.45) is 5.07. The Kier molecular flexibility index (Phi) is 9.01. The van der Waals surface area contributed by atoms with Gasteiger partial charge < -0.3 is 16.0 Å². The lowest BCUT2D eigenvalue weighted by Crippen LogP contribution is -2.39. The molecule has 0 bridgehead atoms. The van der Waals surface area contributed by atoms with Crippen LogP contribution in [0.5, 0.6) is 0 Å². The Morgan fingerprint density at radius 2 is 1.45 bits per heavy atom. The zero-order chi connectivity index (χ0) is 23.6. The standard InChI is InChI=1S/C26H34N4O3/c1-3-16-30(17-24(31)28-22-14-8-4-10-19(22)2)18-25(32)29-23-15-9-7-13-21(23)26(33)27-20-11-5-6-12-20/h4,7-10,13-15,20H,3,5-6,11-12,16-18H2,1-2H3,(H,27,33)(H,28,31)(H,29,32).